The number of pyridine rings is 1. The molecule has 0 atom stereocenters. The van der Waals surface area contributed by atoms with E-state index in [-0.39, 0.29) is 0 Å². The monoisotopic (exact) mass is 263 g/mol. The zero-order chi connectivity index (χ0) is 13.1. The molecule has 0 spiro atoms. The standard InChI is InChI=1S/C14H21N3S/c1-5-17(3)9-15-13-8-12(11-6-7-11)14(18-4)16-10(13)2/h8-9,11H,5-7H2,1-4H3. The molecule has 2 rings (SSSR count). The first-order valence-electron chi connectivity index (χ1n) is 6.45. The summed E-state index contributed by atoms with van der Waals surface area (Å²) in [6, 6.07) is 2.23. The Morgan fingerprint density at radius 1 is 1.56 bits per heavy atom. The Labute approximate surface area is 114 Å². The lowest BCUT2D eigenvalue weighted by atomic mass is 10.1. The zero-order valence-electron chi connectivity index (χ0n) is 11.6. The van der Waals surface area contributed by atoms with Gasteiger partial charge in [0.05, 0.1) is 22.7 Å². The van der Waals surface area contributed by atoms with Crippen LogP contribution in [-0.4, -0.2) is 36.1 Å². The van der Waals surface area contributed by atoms with Crippen molar-refractivity contribution in [2.45, 2.75) is 37.6 Å². The van der Waals surface area contributed by atoms with E-state index in [1.165, 1.54) is 23.4 Å². The Morgan fingerprint density at radius 2 is 2.28 bits per heavy atom. The third kappa shape index (κ3) is 3.05. The fourth-order valence-electron chi connectivity index (χ4n) is 1.81. The number of nitrogens with zero attached hydrogens (tertiary/aromatic N) is 3. The van der Waals surface area contributed by atoms with Gasteiger partial charge in [0, 0.05) is 13.6 Å². The van der Waals surface area contributed by atoms with Gasteiger partial charge in [-0.1, -0.05) is 0 Å². The van der Waals surface area contributed by atoms with Gasteiger partial charge >= 0.3 is 0 Å². The van der Waals surface area contributed by atoms with Crippen molar-refractivity contribution in [1.29, 1.82) is 0 Å². The second kappa shape index (κ2) is 5.74. The molecular formula is C14H21N3S. The SMILES string of the molecule is CCN(C)C=Nc1cc(C2CC2)c(SC)nc1C. The summed E-state index contributed by atoms with van der Waals surface area (Å²) in [5.74, 6) is 0.721. The Balaban J connectivity index is 2.30. The van der Waals surface area contributed by atoms with E-state index in [9.17, 15) is 0 Å². The normalized spacial score (nSPS) is 15.3. The van der Waals surface area contributed by atoms with Gasteiger partial charge in [-0.2, -0.15) is 0 Å². The highest BCUT2D eigenvalue weighted by Crippen LogP contribution is 2.44. The van der Waals surface area contributed by atoms with Crippen LogP contribution in [0.25, 0.3) is 0 Å². The maximum atomic E-state index is 4.69. The van der Waals surface area contributed by atoms with Crippen molar-refractivity contribution in [3.8, 4) is 0 Å². The number of hydrogen-bond donors (Lipinski definition) is 0. The molecule has 1 aliphatic carbocycles. The van der Waals surface area contributed by atoms with Crippen LogP contribution in [0.4, 0.5) is 5.69 Å². The van der Waals surface area contributed by atoms with Crippen molar-refractivity contribution >= 4 is 23.8 Å². The van der Waals surface area contributed by atoms with Crippen molar-refractivity contribution in [1.82, 2.24) is 9.88 Å². The summed E-state index contributed by atoms with van der Waals surface area (Å²) in [5.41, 5.74) is 3.42. The van der Waals surface area contributed by atoms with Crippen molar-refractivity contribution in [3.05, 3.63) is 17.3 Å². The molecule has 0 amide bonds. The lowest BCUT2D eigenvalue weighted by Crippen LogP contribution is -2.14. The van der Waals surface area contributed by atoms with E-state index < -0.39 is 0 Å². The zero-order valence-corrected chi connectivity index (χ0v) is 12.4. The molecule has 0 N–H and O–H groups in total. The molecule has 0 unspecified atom stereocenters. The first-order valence-corrected chi connectivity index (χ1v) is 7.68. The average molecular weight is 263 g/mol. The molecule has 18 heavy (non-hydrogen) atoms. The van der Waals surface area contributed by atoms with Gasteiger partial charge < -0.3 is 4.90 Å². The van der Waals surface area contributed by atoms with E-state index in [1.54, 1.807) is 11.8 Å². The van der Waals surface area contributed by atoms with Crippen LogP contribution in [0.15, 0.2) is 16.1 Å². The average Bonchev–Trinajstić information content (AvgIpc) is 3.20. The van der Waals surface area contributed by atoms with E-state index >= 15 is 0 Å². The Kier molecular flexibility index (Phi) is 4.27. The highest BCUT2D eigenvalue weighted by Gasteiger charge is 2.27. The van der Waals surface area contributed by atoms with Gasteiger partial charge in [0.1, 0.15) is 0 Å². The van der Waals surface area contributed by atoms with Crippen LogP contribution in [0.3, 0.4) is 0 Å². The van der Waals surface area contributed by atoms with Gasteiger partial charge in [0.25, 0.3) is 0 Å². The quantitative estimate of drug-likeness (QED) is 0.461. The van der Waals surface area contributed by atoms with Crippen molar-refractivity contribution in [2.75, 3.05) is 19.8 Å². The van der Waals surface area contributed by atoms with Crippen LogP contribution in [0.1, 0.15) is 36.9 Å². The van der Waals surface area contributed by atoms with Gasteiger partial charge in [-0.05, 0) is 50.5 Å². The summed E-state index contributed by atoms with van der Waals surface area (Å²) in [7, 11) is 2.03. The van der Waals surface area contributed by atoms with E-state index in [1.807, 2.05) is 20.3 Å². The summed E-state index contributed by atoms with van der Waals surface area (Å²) in [4.78, 5) is 11.3. The van der Waals surface area contributed by atoms with Crippen molar-refractivity contribution in [3.63, 3.8) is 0 Å². The molecule has 1 saturated carbocycles. The number of aromatic nitrogens is 1. The van der Waals surface area contributed by atoms with Crippen LogP contribution in [0, 0.1) is 6.92 Å². The van der Waals surface area contributed by atoms with Crippen molar-refractivity contribution in [2.24, 2.45) is 4.99 Å². The van der Waals surface area contributed by atoms with Gasteiger partial charge in [0.2, 0.25) is 0 Å². The van der Waals surface area contributed by atoms with Crippen LogP contribution in [0.2, 0.25) is 0 Å². The van der Waals surface area contributed by atoms with Gasteiger partial charge in [-0.25, -0.2) is 9.98 Å². The fourth-order valence-corrected chi connectivity index (χ4v) is 2.50. The second-order valence-electron chi connectivity index (χ2n) is 4.78. The molecule has 1 aliphatic rings. The predicted molar refractivity (Wildman–Crippen MR) is 79.2 cm³/mol. The maximum Gasteiger partial charge on any atom is 0.0996 e. The second-order valence-corrected chi connectivity index (χ2v) is 5.58. The third-order valence-electron chi connectivity index (χ3n) is 3.28. The smallest absolute Gasteiger partial charge is 0.0996 e. The number of hydrogen-bond acceptors (Lipinski definition) is 3. The Hall–Kier alpha value is -1.03. The summed E-state index contributed by atoms with van der Waals surface area (Å²) in [6.07, 6.45) is 6.59. The van der Waals surface area contributed by atoms with E-state index in [0.717, 1.165) is 23.8 Å². The molecule has 4 heteroatoms. The minimum atomic E-state index is 0.721. The number of aliphatic imine (C=N–C) groups is 1. The molecule has 0 saturated heterocycles. The van der Waals surface area contributed by atoms with Gasteiger partial charge in [-0.3, -0.25) is 0 Å². The fraction of sp³-hybridized carbons (Fsp3) is 0.571. The molecule has 1 aromatic rings. The van der Waals surface area contributed by atoms with E-state index in [2.05, 4.69) is 34.1 Å². The summed E-state index contributed by atoms with van der Waals surface area (Å²) in [6.45, 7) is 5.12. The summed E-state index contributed by atoms with van der Waals surface area (Å²) in [5, 5.41) is 1.18. The predicted octanol–water partition coefficient (Wildman–Crippen LogP) is 3.60. The summed E-state index contributed by atoms with van der Waals surface area (Å²) >= 11 is 1.74. The van der Waals surface area contributed by atoms with Gasteiger partial charge in [0.15, 0.2) is 0 Å². The van der Waals surface area contributed by atoms with Gasteiger partial charge in [-0.15, -0.1) is 11.8 Å². The molecule has 0 aliphatic heterocycles. The van der Waals surface area contributed by atoms with E-state index in [4.69, 9.17) is 0 Å². The number of rotatable bonds is 5. The lowest BCUT2D eigenvalue weighted by Gasteiger charge is -2.11. The molecule has 0 radical (unpaired) electrons. The highest BCUT2D eigenvalue weighted by molar-refractivity contribution is 7.98. The van der Waals surface area contributed by atoms with Crippen molar-refractivity contribution < 1.29 is 0 Å². The molecule has 98 valence electrons. The molecule has 0 bridgehead atoms. The summed E-state index contributed by atoms with van der Waals surface area (Å²) < 4.78 is 0. The lowest BCUT2D eigenvalue weighted by molar-refractivity contribution is 0.552. The minimum Gasteiger partial charge on any atom is -0.366 e. The van der Waals surface area contributed by atoms with Crippen LogP contribution in [0.5, 0.6) is 0 Å². The minimum absolute atomic E-state index is 0.721. The Bertz CT molecular complexity index is 453. The van der Waals surface area contributed by atoms with Crippen LogP contribution in [-0.2, 0) is 0 Å². The van der Waals surface area contributed by atoms with Crippen LogP contribution >= 0.6 is 11.8 Å². The molecule has 0 aromatic carbocycles. The highest BCUT2D eigenvalue weighted by atomic mass is 32.2. The maximum absolute atomic E-state index is 4.69. The molecular weight excluding hydrogens is 242 g/mol. The third-order valence-corrected chi connectivity index (χ3v) is 4.00. The number of aryl methyl sites for hydroxylation is 1. The molecule has 1 heterocycles. The Morgan fingerprint density at radius 3 is 2.83 bits per heavy atom. The topological polar surface area (TPSA) is 28.5 Å². The first kappa shape index (κ1) is 13.4. The first-order chi connectivity index (χ1) is 8.65. The molecule has 3 nitrogen and oxygen atoms in total. The largest absolute Gasteiger partial charge is 0.366 e. The number of thioether (sulfide) groups is 1. The van der Waals surface area contributed by atoms with E-state index in [0.29, 0.717) is 0 Å². The molecule has 1 aromatic heterocycles. The van der Waals surface area contributed by atoms with Crippen LogP contribution < -0.4 is 0 Å². The molecule has 1 fully saturated rings.